The number of rotatable bonds is 5. The summed E-state index contributed by atoms with van der Waals surface area (Å²) in [6.45, 7) is 2.11. The number of sulfonamides is 1. The Morgan fingerprint density at radius 2 is 2.19 bits per heavy atom. The Labute approximate surface area is 125 Å². The zero-order chi connectivity index (χ0) is 15.7. The van der Waals surface area contributed by atoms with E-state index in [0.29, 0.717) is 24.3 Å². The standard InChI is InChI=1S/C14H21NO5S/c1-11-8-12(19-3)4-5-13(11)21(17,18)15(2)14(9-16)6-7-20-10-14/h4-5,8,16H,6-7,9-10H2,1-3H3. The van der Waals surface area contributed by atoms with E-state index >= 15 is 0 Å². The minimum atomic E-state index is -3.71. The summed E-state index contributed by atoms with van der Waals surface area (Å²) in [7, 11) is -0.687. The average molecular weight is 315 g/mol. The van der Waals surface area contributed by atoms with Crippen LogP contribution in [0.2, 0.25) is 0 Å². The number of likely N-dealkylation sites (N-methyl/N-ethyl adjacent to an activating group) is 1. The summed E-state index contributed by atoms with van der Waals surface area (Å²) >= 11 is 0. The zero-order valence-corrected chi connectivity index (χ0v) is 13.3. The summed E-state index contributed by atoms with van der Waals surface area (Å²) in [5, 5.41) is 9.64. The number of hydrogen-bond acceptors (Lipinski definition) is 5. The maximum atomic E-state index is 12.8. The molecule has 0 amide bonds. The lowest BCUT2D eigenvalue weighted by Gasteiger charge is -2.35. The van der Waals surface area contributed by atoms with E-state index in [1.807, 2.05) is 0 Å². The molecular weight excluding hydrogens is 294 g/mol. The zero-order valence-electron chi connectivity index (χ0n) is 12.5. The van der Waals surface area contributed by atoms with Crippen molar-refractivity contribution in [1.29, 1.82) is 0 Å². The molecule has 1 fully saturated rings. The van der Waals surface area contributed by atoms with E-state index in [9.17, 15) is 13.5 Å². The Morgan fingerprint density at radius 3 is 2.67 bits per heavy atom. The topological polar surface area (TPSA) is 76.1 Å². The number of aliphatic hydroxyl groups is 1. The average Bonchev–Trinajstić information content (AvgIpc) is 2.95. The highest BCUT2D eigenvalue weighted by molar-refractivity contribution is 7.89. The van der Waals surface area contributed by atoms with Gasteiger partial charge in [0.15, 0.2) is 0 Å². The molecule has 1 aromatic carbocycles. The van der Waals surface area contributed by atoms with Gasteiger partial charge in [0.1, 0.15) is 5.75 Å². The molecule has 0 bridgehead atoms. The van der Waals surface area contributed by atoms with Crippen LogP contribution in [0, 0.1) is 6.92 Å². The number of nitrogens with zero attached hydrogens (tertiary/aromatic N) is 1. The second kappa shape index (κ2) is 5.92. The van der Waals surface area contributed by atoms with Crippen molar-refractivity contribution >= 4 is 10.0 Å². The van der Waals surface area contributed by atoms with Crippen LogP contribution < -0.4 is 4.74 Å². The fraction of sp³-hybridized carbons (Fsp3) is 0.571. The third kappa shape index (κ3) is 2.78. The normalized spacial score (nSPS) is 22.7. The van der Waals surface area contributed by atoms with Crippen LogP contribution in [0.25, 0.3) is 0 Å². The molecule has 0 radical (unpaired) electrons. The molecule has 1 unspecified atom stereocenters. The predicted octanol–water partition coefficient (Wildman–Crippen LogP) is 0.776. The largest absolute Gasteiger partial charge is 0.497 e. The highest BCUT2D eigenvalue weighted by Crippen LogP contribution is 2.32. The first-order valence-electron chi connectivity index (χ1n) is 6.70. The van der Waals surface area contributed by atoms with Crippen LogP contribution in [-0.4, -0.2) is 57.3 Å². The minimum Gasteiger partial charge on any atom is -0.497 e. The molecule has 21 heavy (non-hydrogen) atoms. The van der Waals surface area contributed by atoms with Crippen molar-refractivity contribution in [2.24, 2.45) is 0 Å². The lowest BCUT2D eigenvalue weighted by molar-refractivity contribution is 0.0823. The molecule has 1 aliphatic rings. The van der Waals surface area contributed by atoms with E-state index in [0.717, 1.165) is 0 Å². The van der Waals surface area contributed by atoms with Crippen molar-refractivity contribution in [1.82, 2.24) is 4.31 Å². The van der Waals surface area contributed by atoms with Gasteiger partial charge in [0.05, 0.1) is 30.8 Å². The van der Waals surface area contributed by atoms with Gasteiger partial charge in [-0.3, -0.25) is 0 Å². The van der Waals surface area contributed by atoms with Crippen molar-refractivity contribution in [2.75, 3.05) is 34.0 Å². The molecular formula is C14H21NO5S. The van der Waals surface area contributed by atoms with Crippen LogP contribution in [0.5, 0.6) is 5.75 Å². The quantitative estimate of drug-likeness (QED) is 0.869. The molecule has 0 spiro atoms. The van der Waals surface area contributed by atoms with E-state index in [1.165, 1.54) is 24.5 Å². The number of benzene rings is 1. The third-order valence-electron chi connectivity index (χ3n) is 4.07. The predicted molar refractivity (Wildman–Crippen MR) is 77.9 cm³/mol. The van der Waals surface area contributed by atoms with Crippen LogP contribution in [0.3, 0.4) is 0 Å². The number of aliphatic hydroxyl groups excluding tert-OH is 1. The molecule has 6 nitrogen and oxygen atoms in total. The van der Waals surface area contributed by atoms with Crippen LogP contribution in [-0.2, 0) is 14.8 Å². The van der Waals surface area contributed by atoms with E-state index in [-0.39, 0.29) is 18.1 Å². The molecule has 118 valence electrons. The molecule has 1 aromatic rings. The smallest absolute Gasteiger partial charge is 0.243 e. The van der Waals surface area contributed by atoms with E-state index < -0.39 is 15.6 Å². The summed E-state index contributed by atoms with van der Waals surface area (Å²) in [6, 6.07) is 4.82. The molecule has 1 atom stereocenters. The highest BCUT2D eigenvalue weighted by atomic mass is 32.2. The first-order chi connectivity index (χ1) is 9.87. The van der Waals surface area contributed by atoms with E-state index in [4.69, 9.17) is 9.47 Å². The highest BCUT2D eigenvalue weighted by Gasteiger charge is 2.44. The van der Waals surface area contributed by atoms with Crippen LogP contribution in [0.1, 0.15) is 12.0 Å². The summed E-state index contributed by atoms with van der Waals surface area (Å²) in [5.41, 5.74) is -0.279. The van der Waals surface area contributed by atoms with Gasteiger partial charge in [-0.05, 0) is 37.1 Å². The molecule has 0 aromatic heterocycles. The second-order valence-corrected chi connectivity index (χ2v) is 7.23. The van der Waals surface area contributed by atoms with Gasteiger partial charge in [0, 0.05) is 13.7 Å². The number of aryl methyl sites for hydroxylation is 1. The Bertz CT molecular complexity index is 608. The SMILES string of the molecule is COc1ccc(S(=O)(=O)N(C)C2(CO)CCOC2)c(C)c1. The minimum absolute atomic E-state index is 0.203. The first-order valence-corrected chi connectivity index (χ1v) is 8.14. The van der Waals surface area contributed by atoms with Crippen LogP contribution in [0.4, 0.5) is 0 Å². The molecule has 0 saturated carbocycles. The van der Waals surface area contributed by atoms with Crippen molar-refractivity contribution in [3.05, 3.63) is 23.8 Å². The molecule has 2 rings (SSSR count). The van der Waals surface area contributed by atoms with Crippen molar-refractivity contribution in [3.63, 3.8) is 0 Å². The van der Waals surface area contributed by atoms with Gasteiger partial charge in [-0.25, -0.2) is 8.42 Å². The molecule has 0 aliphatic carbocycles. The fourth-order valence-corrected chi connectivity index (χ4v) is 4.22. The van der Waals surface area contributed by atoms with Gasteiger partial charge >= 0.3 is 0 Å². The molecule has 1 saturated heterocycles. The van der Waals surface area contributed by atoms with Gasteiger partial charge in [-0.1, -0.05) is 0 Å². The van der Waals surface area contributed by atoms with Crippen molar-refractivity contribution in [2.45, 2.75) is 23.8 Å². The molecule has 1 aliphatic heterocycles. The molecule has 7 heteroatoms. The van der Waals surface area contributed by atoms with Gasteiger partial charge < -0.3 is 14.6 Å². The lowest BCUT2D eigenvalue weighted by Crippen LogP contribution is -2.52. The maximum absolute atomic E-state index is 12.8. The Morgan fingerprint density at radius 1 is 1.48 bits per heavy atom. The van der Waals surface area contributed by atoms with Gasteiger partial charge in [-0.2, -0.15) is 4.31 Å². The summed E-state index contributed by atoms with van der Waals surface area (Å²) in [4.78, 5) is 0.213. The Balaban J connectivity index is 2.42. The molecule has 1 N–H and O–H groups in total. The Hall–Kier alpha value is -1.15. The lowest BCUT2D eigenvalue weighted by atomic mass is 10.0. The van der Waals surface area contributed by atoms with Gasteiger partial charge in [0.25, 0.3) is 0 Å². The summed E-state index contributed by atoms with van der Waals surface area (Å²) < 4.78 is 37.3. The number of hydrogen-bond donors (Lipinski definition) is 1. The maximum Gasteiger partial charge on any atom is 0.243 e. The number of methoxy groups -OCH3 is 1. The van der Waals surface area contributed by atoms with E-state index in [1.54, 1.807) is 19.1 Å². The number of ether oxygens (including phenoxy) is 2. The summed E-state index contributed by atoms with van der Waals surface area (Å²) in [5.74, 6) is 0.607. The van der Waals surface area contributed by atoms with E-state index in [2.05, 4.69) is 0 Å². The van der Waals surface area contributed by atoms with Crippen LogP contribution >= 0.6 is 0 Å². The summed E-state index contributed by atoms with van der Waals surface area (Å²) in [6.07, 6.45) is 0.481. The first kappa shape index (κ1) is 16.2. The van der Waals surface area contributed by atoms with Gasteiger partial charge in [-0.15, -0.1) is 0 Å². The Kier molecular flexibility index (Phi) is 4.57. The van der Waals surface area contributed by atoms with Crippen molar-refractivity contribution < 1.29 is 23.0 Å². The monoisotopic (exact) mass is 315 g/mol. The van der Waals surface area contributed by atoms with Crippen LogP contribution in [0.15, 0.2) is 23.1 Å². The third-order valence-corrected chi connectivity index (χ3v) is 6.19. The second-order valence-electron chi connectivity index (χ2n) is 5.29. The van der Waals surface area contributed by atoms with Gasteiger partial charge in [0.2, 0.25) is 10.0 Å². The van der Waals surface area contributed by atoms with Crippen molar-refractivity contribution in [3.8, 4) is 5.75 Å². The molecule has 1 heterocycles. The fourth-order valence-electron chi connectivity index (χ4n) is 2.51.